The van der Waals surface area contributed by atoms with Crippen molar-refractivity contribution in [3.8, 4) is 22.3 Å². The van der Waals surface area contributed by atoms with Crippen molar-refractivity contribution < 1.29 is 4.74 Å². The van der Waals surface area contributed by atoms with Crippen LogP contribution in [0.15, 0.2) is 54.7 Å². The van der Waals surface area contributed by atoms with Gasteiger partial charge in [0, 0.05) is 53.1 Å². The van der Waals surface area contributed by atoms with Crippen LogP contribution in [-0.2, 0) is 6.54 Å². The molecule has 0 aliphatic carbocycles. The van der Waals surface area contributed by atoms with Crippen molar-refractivity contribution >= 4 is 45.2 Å². The minimum absolute atomic E-state index is 0.459. The smallest absolute Gasteiger partial charge is 0.121 e. The maximum absolute atomic E-state index is 9.77. The van der Waals surface area contributed by atoms with Crippen LogP contribution in [0, 0.1) is 11.3 Å². The molecular weight excluding hydrogens is 526 g/mol. The molecule has 2 aliphatic heterocycles. The molecule has 200 valence electrons. The summed E-state index contributed by atoms with van der Waals surface area (Å²) in [4.78, 5) is 12.6. The second kappa shape index (κ2) is 11.5. The van der Waals surface area contributed by atoms with E-state index in [1.54, 1.807) is 19.4 Å². The van der Waals surface area contributed by atoms with E-state index in [-0.39, 0.29) is 0 Å². The second-order valence-electron chi connectivity index (χ2n) is 10.4. The summed E-state index contributed by atoms with van der Waals surface area (Å²) >= 11 is 8.30. The first kappa shape index (κ1) is 26.1. The van der Waals surface area contributed by atoms with Gasteiger partial charge in [-0.05, 0) is 74.7 Å². The predicted molar refractivity (Wildman–Crippen MR) is 160 cm³/mol. The van der Waals surface area contributed by atoms with E-state index in [1.165, 1.54) is 61.6 Å². The summed E-state index contributed by atoms with van der Waals surface area (Å²) in [5.74, 6) is 0.686. The summed E-state index contributed by atoms with van der Waals surface area (Å²) in [5, 5.41) is 14.6. The lowest BCUT2D eigenvalue weighted by Crippen LogP contribution is -2.43. The van der Waals surface area contributed by atoms with E-state index in [0.29, 0.717) is 27.7 Å². The molecule has 2 fully saturated rings. The number of ether oxygens (including phenoxy) is 1. The standard InChI is InChI=1S/C31H32ClN5OS/c1-38-24-5-8-27(32)29(17-24)35-31-22(18-33)19-34-28-16-21(4-7-26(28)31)30-9-6-25(39-30)20-36-14-10-23(11-15-36)37-12-2-3-13-37/h4-9,16-17,19,23H,2-3,10-15,20H2,1H3,(H,34,35). The van der Waals surface area contributed by atoms with E-state index in [4.69, 9.17) is 16.3 Å². The molecular formula is C31H32ClN5OS. The van der Waals surface area contributed by atoms with Crippen molar-refractivity contribution in [2.24, 2.45) is 0 Å². The first-order valence-corrected chi connectivity index (χ1v) is 14.8. The Bertz CT molecular complexity index is 1520. The SMILES string of the molecule is COc1ccc(Cl)c(Nc2c(C#N)cnc3cc(-c4ccc(CN5CCC(N6CCCC6)CC5)s4)ccc23)c1. The predicted octanol–water partition coefficient (Wildman–Crippen LogP) is 7.30. The van der Waals surface area contributed by atoms with Gasteiger partial charge >= 0.3 is 0 Å². The lowest BCUT2D eigenvalue weighted by molar-refractivity contribution is 0.123. The van der Waals surface area contributed by atoms with Crippen LogP contribution in [0.5, 0.6) is 5.75 Å². The van der Waals surface area contributed by atoms with E-state index in [2.05, 4.69) is 50.4 Å². The fourth-order valence-electron chi connectivity index (χ4n) is 5.82. The number of anilines is 2. The molecule has 0 amide bonds. The number of benzene rings is 2. The Hall–Kier alpha value is -3.15. The van der Waals surface area contributed by atoms with E-state index >= 15 is 0 Å². The van der Waals surface area contributed by atoms with E-state index in [9.17, 15) is 5.26 Å². The second-order valence-corrected chi connectivity index (χ2v) is 12.0. The number of piperidine rings is 1. The quantitative estimate of drug-likeness (QED) is 0.257. The molecule has 6 rings (SSSR count). The maximum atomic E-state index is 9.77. The van der Waals surface area contributed by atoms with Crippen LogP contribution in [-0.4, -0.2) is 54.1 Å². The Balaban J connectivity index is 1.19. The van der Waals surface area contributed by atoms with Crippen molar-refractivity contribution in [3.05, 3.63) is 70.2 Å². The highest BCUT2D eigenvalue weighted by Crippen LogP contribution is 2.37. The molecule has 4 aromatic rings. The van der Waals surface area contributed by atoms with Gasteiger partial charge in [-0.25, -0.2) is 0 Å². The first-order chi connectivity index (χ1) is 19.1. The van der Waals surface area contributed by atoms with Crippen LogP contribution in [0.25, 0.3) is 21.3 Å². The number of hydrogen-bond acceptors (Lipinski definition) is 7. The highest BCUT2D eigenvalue weighted by atomic mass is 35.5. The van der Waals surface area contributed by atoms with Gasteiger partial charge in [0.1, 0.15) is 11.8 Å². The van der Waals surface area contributed by atoms with Crippen LogP contribution in [0.4, 0.5) is 11.4 Å². The maximum Gasteiger partial charge on any atom is 0.121 e. The fraction of sp³-hybridized carbons (Fsp3) is 0.355. The molecule has 2 aromatic heterocycles. The molecule has 0 bridgehead atoms. The number of thiophene rings is 1. The molecule has 0 unspecified atom stereocenters. The monoisotopic (exact) mass is 557 g/mol. The topological polar surface area (TPSA) is 64.4 Å². The number of pyridine rings is 1. The Morgan fingerprint density at radius 1 is 1.08 bits per heavy atom. The number of fused-ring (bicyclic) bond motifs is 1. The van der Waals surface area contributed by atoms with Crippen LogP contribution < -0.4 is 10.1 Å². The summed E-state index contributed by atoms with van der Waals surface area (Å²) < 4.78 is 5.35. The molecule has 2 aliphatic rings. The largest absolute Gasteiger partial charge is 0.497 e. The van der Waals surface area contributed by atoms with Gasteiger partial charge in [0.05, 0.1) is 34.6 Å². The van der Waals surface area contributed by atoms with Crippen molar-refractivity contribution in [2.75, 3.05) is 38.6 Å². The minimum Gasteiger partial charge on any atom is -0.497 e. The molecule has 1 N–H and O–H groups in total. The Kier molecular flexibility index (Phi) is 7.71. The van der Waals surface area contributed by atoms with Gasteiger partial charge < -0.3 is 15.0 Å². The van der Waals surface area contributed by atoms with Gasteiger partial charge in [-0.3, -0.25) is 9.88 Å². The number of nitriles is 1. The number of nitrogens with zero attached hydrogens (tertiary/aromatic N) is 4. The zero-order chi connectivity index (χ0) is 26.8. The van der Waals surface area contributed by atoms with Crippen molar-refractivity contribution in [2.45, 2.75) is 38.3 Å². The summed E-state index contributed by atoms with van der Waals surface area (Å²) in [6.07, 6.45) is 6.94. The lowest BCUT2D eigenvalue weighted by atomic mass is 10.0. The molecule has 4 heterocycles. The molecule has 2 aromatic carbocycles. The number of nitrogens with one attached hydrogen (secondary N) is 1. The average molecular weight is 558 g/mol. The van der Waals surface area contributed by atoms with E-state index in [0.717, 1.165) is 29.1 Å². The third-order valence-electron chi connectivity index (χ3n) is 7.96. The van der Waals surface area contributed by atoms with Gasteiger partial charge in [0.15, 0.2) is 0 Å². The highest BCUT2D eigenvalue weighted by molar-refractivity contribution is 7.15. The molecule has 0 radical (unpaired) electrons. The van der Waals surface area contributed by atoms with E-state index < -0.39 is 0 Å². The van der Waals surface area contributed by atoms with Crippen LogP contribution >= 0.6 is 22.9 Å². The third kappa shape index (κ3) is 5.61. The minimum atomic E-state index is 0.459. The molecule has 8 heteroatoms. The van der Waals surface area contributed by atoms with Crippen molar-refractivity contribution in [1.82, 2.24) is 14.8 Å². The number of rotatable bonds is 7. The Morgan fingerprint density at radius 2 is 1.90 bits per heavy atom. The zero-order valence-electron chi connectivity index (χ0n) is 22.1. The van der Waals surface area contributed by atoms with Gasteiger partial charge in [0.2, 0.25) is 0 Å². The van der Waals surface area contributed by atoms with Crippen molar-refractivity contribution in [1.29, 1.82) is 5.26 Å². The van der Waals surface area contributed by atoms with Crippen LogP contribution in [0.3, 0.4) is 0 Å². The summed E-state index contributed by atoms with van der Waals surface area (Å²) in [7, 11) is 1.62. The lowest BCUT2D eigenvalue weighted by Gasteiger charge is -2.36. The van der Waals surface area contributed by atoms with Gasteiger partial charge in [-0.1, -0.05) is 23.7 Å². The summed E-state index contributed by atoms with van der Waals surface area (Å²) in [6.45, 7) is 5.97. The Morgan fingerprint density at radius 3 is 2.67 bits per heavy atom. The number of halogens is 1. The summed E-state index contributed by atoms with van der Waals surface area (Å²) in [6, 6.07) is 19.2. The fourth-order valence-corrected chi connectivity index (χ4v) is 7.03. The highest BCUT2D eigenvalue weighted by Gasteiger charge is 2.26. The van der Waals surface area contributed by atoms with E-state index in [1.807, 2.05) is 29.5 Å². The number of hydrogen-bond donors (Lipinski definition) is 1. The number of methoxy groups -OCH3 is 1. The van der Waals surface area contributed by atoms with Gasteiger partial charge in [0.25, 0.3) is 0 Å². The summed E-state index contributed by atoms with van der Waals surface area (Å²) in [5.41, 5.74) is 3.78. The molecule has 2 saturated heterocycles. The molecule has 0 saturated carbocycles. The third-order valence-corrected chi connectivity index (χ3v) is 9.41. The molecule has 0 spiro atoms. The van der Waals surface area contributed by atoms with Crippen LogP contribution in [0.2, 0.25) is 5.02 Å². The number of aromatic nitrogens is 1. The van der Waals surface area contributed by atoms with Gasteiger partial charge in [-0.2, -0.15) is 5.26 Å². The number of likely N-dealkylation sites (tertiary alicyclic amines) is 2. The first-order valence-electron chi connectivity index (χ1n) is 13.6. The van der Waals surface area contributed by atoms with Crippen molar-refractivity contribution in [3.63, 3.8) is 0 Å². The zero-order valence-corrected chi connectivity index (χ0v) is 23.7. The average Bonchev–Trinajstić information content (AvgIpc) is 3.67. The molecule has 0 atom stereocenters. The van der Waals surface area contributed by atoms with Gasteiger partial charge in [-0.15, -0.1) is 11.3 Å². The Labute approximate surface area is 238 Å². The normalized spacial score (nSPS) is 16.9. The molecule has 6 nitrogen and oxygen atoms in total. The molecule has 39 heavy (non-hydrogen) atoms. The van der Waals surface area contributed by atoms with Crippen LogP contribution in [0.1, 0.15) is 36.1 Å².